The largest absolute Gasteiger partial charge is 0.511 e. The molecule has 2 aromatic rings. The quantitative estimate of drug-likeness (QED) is 0.494. The third kappa shape index (κ3) is 7.44. The molecular weight excluding hydrogens is 436 g/mol. The molecule has 0 radical (unpaired) electrons. The van der Waals surface area contributed by atoms with Crippen molar-refractivity contribution in [2.24, 2.45) is 9.98 Å². The summed E-state index contributed by atoms with van der Waals surface area (Å²) in [5, 5.41) is 19.0. The molecule has 0 spiro atoms. The number of ether oxygens (including phenoxy) is 2. The average molecular weight is 463 g/mol. The van der Waals surface area contributed by atoms with E-state index in [9.17, 15) is 19.8 Å². The Hall–Kier alpha value is -4.20. The molecule has 2 aliphatic rings. The number of cyclic esters (lactones) is 2. The summed E-state index contributed by atoms with van der Waals surface area (Å²) in [6.07, 6.45) is 3.48. The molecule has 2 aromatic carbocycles. The molecule has 8 nitrogen and oxygen atoms in total. The van der Waals surface area contributed by atoms with Crippen LogP contribution >= 0.6 is 0 Å². The van der Waals surface area contributed by atoms with E-state index >= 15 is 0 Å². The lowest BCUT2D eigenvalue weighted by atomic mass is 10.1. The van der Waals surface area contributed by atoms with E-state index in [1.807, 2.05) is 60.7 Å². The number of aliphatic imine (C=N–C) groups is 2. The second kappa shape index (κ2) is 12.7. The highest BCUT2D eigenvalue weighted by molar-refractivity contribution is 6.10. The maximum Gasteiger partial charge on any atom is 0.343 e. The number of rotatable bonds is 6. The first-order valence-corrected chi connectivity index (χ1v) is 10.8. The number of aliphatic hydroxyl groups excluding tert-OH is 2. The van der Waals surface area contributed by atoms with Crippen LogP contribution < -0.4 is 0 Å². The zero-order valence-electron chi connectivity index (χ0n) is 18.6. The topological polar surface area (TPSA) is 118 Å². The van der Waals surface area contributed by atoms with Gasteiger partial charge >= 0.3 is 11.9 Å². The monoisotopic (exact) mass is 462 g/mol. The van der Waals surface area contributed by atoms with Gasteiger partial charge < -0.3 is 19.7 Å². The van der Waals surface area contributed by atoms with Crippen LogP contribution in [0.2, 0.25) is 0 Å². The van der Waals surface area contributed by atoms with Gasteiger partial charge in [-0.1, -0.05) is 60.7 Å². The van der Waals surface area contributed by atoms with Crippen LogP contribution in [0.15, 0.2) is 93.3 Å². The summed E-state index contributed by atoms with van der Waals surface area (Å²) in [5.74, 6) is -0.910. The molecule has 0 fully saturated rings. The smallest absolute Gasteiger partial charge is 0.343 e. The summed E-state index contributed by atoms with van der Waals surface area (Å²) in [4.78, 5) is 30.9. The molecule has 4 rings (SSSR count). The number of esters is 2. The average Bonchev–Trinajstić information content (AvgIpc) is 2.85. The van der Waals surface area contributed by atoms with E-state index in [0.717, 1.165) is 11.1 Å². The van der Waals surface area contributed by atoms with Crippen molar-refractivity contribution in [3.05, 3.63) is 94.5 Å². The maximum atomic E-state index is 11.3. The summed E-state index contributed by atoms with van der Waals surface area (Å²) < 4.78 is 9.63. The maximum absolute atomic E-state index is 11.3. The zero-order chi connectivity index (χ0) is 24.2. The molecule has 0 amide bonds. The Balaban J connectivity index is 0.000000191. The molecule has 0 bridgehead atoms. The van der Waals surface area contributed by atoms with Gasteiger partial charge in [0.25, 0.3) is 0 Å². The number of hydrogen-bond acceptors (Lipinski definition) is 8. The zero-order valence-corrected chi connectivity index (χ0v) is 18.6. The molecule has 0 saturated carbocycles. The highest BCUT2D eigenvalue weighted by Gasteiger charge is 2.20. The van der Waals surface area contributed by atoms with E-state index in [1.54, 1.807) is 0 Å². The Morgan fingerprint density at radius 2 is 1.06 bits per heavy atom. The van der Waals surface area contributed by atoms with E-state index in [-0.39, 0.29) is 35.9 Å². The van der Waals surface area contributed by atoms with Crippen molar-refractivity contribution in [2.75, 3.05) is 13.2 Å². The number of hydrogen-bond donors (Lipinski definition) is 2. The number of nitrogens with zero attached hydrogens (tertiary/aromatic N) is 2. The van der Waals surface area contributed by atoms with Crippen LogP contribution in [0.4, 0.5) is 0 Å². The third-order valence-electron chi connectivity index (χ3n) is 4.88. The Kier molecular flexibility index (Phi) is 9.16. The molecule has 0 aromatic heterocycles. The molecule has 0 unspecified atom stereocenters. The summed E-state index contributed by atoms with van der Waals surface area (Å²) in [7, 11) is 0. The fourth-order valence-electron chi connectivity index (χ4n) is 3.05. The van der Waals surface area contributed by atoms with Crippen molar-refractivity contribution < 1.29 is 29.3 Å². The van der Waals surface area contributed by atoms with Gasteiger partial charge in [-0.2, -0.15) is 0 Å². The minimum absolute atomic E-state index is 0.0538. The highest BCUT2D eigenvalue weighted by atomic mass is 16.5. The first-order valence-electron chi connectivity index (χ1n) is 10.8. The molecule has 8 heteroatoms. The minimum Gasteiger partial charge on any atom is -0.511 e. The molecule has 0 saturated heterocycles. The van der Waals surface area contributed by atoms with E-state index in [4.69, 9.17) is 9.47 Å². The van der Waals surface area contributed by atoms with Crippen molar-refractivity contribution in [1.82, 2.24) is 0 Å². The molecule has 2 aliphatic heterocycles. The lowest BCUT2D eigenvalue weighted by Crippen LogP contribution is -2.18. The summed E-state index contributed by atoms with van der Waals surface area (Å²) in [5.41, 5.74) is 2.42. The molecular formula is C26H26N2O6. The standard InChI is InChI=1S/2C13H13NO3/c2*15-12-6-7-17-13(16)11(12)9-14-8-10-4-2-1-3-5-10/h2*1-5,9,15H,6-8H2. The Morgan fingerprint density at radius 1 is 0.676 bits per heavy atom. The van der Waals surface area contributed by atoms with E-state index < -0.39 is 11.9 Å². The second-order valence-corrected chi connectivity index (χ2v) is 7.40. The number of carbonyl (C=O) groups excluding carboxylic acids is 2. The Morgan fingerprint density at radius 3 is 1.41 bits per heavy atom. The fourth-order valence-corrected chi connectivity index (χ4v) is 3.05. The Labute approximate surface area is 197 Å². The number of carbonyl (C=O) groups is 2. The van der Waals surface area contributed by atoms with Gasteiger partial charge in [0.05, 0.1) is 26.3 Å². The van der Waals surface area contributed by atoms with Crippen LogP contribution in [-0.2, 0) is 32.2 Å². The lowest BCUT2D eigenvalue weighted by Gasteiger charge is -2.12. The lowest BCUT2D eigenvalue weighted by molar-refractivity contribution is -0.140. The van der Waals surface area contributed by atoms with E-state index in [0.29, 0.717) is 25.9 Å². The normalized spacial score (nSPS) is 16.4. The summed E-state index contributed by atoms with van der Waals surface area (Å²) >= 11 is 0. The Bertz CT molecular complexity index is 1020. The SMILES string of the molecule is O=C1OCCC(O)=C1C=NCc1ccccc1.O=C1OCCC(O)=C1C=NCc1ccccc1. The molecule has 0 atom stereocenters. The van der Waals surface area contributed by atoms with Gasteiger partial charge in [-0.3, -0.25) is 9.98 Å². The van der Waals surface area contributed by atoms with Gasteiger partial charge in [0.15, 0.2) is 0 Å². The van der Waals surface area contributed by atoms with Gasteiger partial charge in [-0.15, -0.1) is 0 Å². The van der Waals surface area contributed by atoms with Crippen LogP contribution in [0.25, 0.3) is 0 Å². The van der Waals surface area contributed by atoms with Gasteiger partial charge in [0, 0.05) is 25.3 Å². The van der Waals surface area contributed by atoms with Crippen LogP contribution in [0, 0.1) is 0 Å². The van der Waals surface area contributed by atoms with E-state index in [2.05, 4.69) is 9.98 Å². The van der Waals surface area contributed by atoms with Crippen molar-refractivity contribution in [1.29, 1.82) is 0 Å². The van der Waals surface area contributed by atoms with Gasteiger partial charge in [0.1, 0.15) is 22.7 Å². The van der Waals surface area contributed by atoms with Gasteiger partial charge in [-0.25, -0.2) is 9.59 Å². The van der Waals surface area contributed by atoms with Crippen LogP contribution in [0.3, 0.4) is 0 Å². The first kappa shape index (κ1) is 24.4. The van der Waals surface area contributed by atoms with Crippen LogP contribution in [0.5, 0.6) is 0 Å². The van der Waals surface area contributed by atoms with Crippen molar-refractivity contribution in [3.63, 3.8) is 0 Å². The highest BCUT2D eigenvalue weighted by Crippen LogP contribution is 2.14. The van der Waals surface area contributed by atoms with Crippen LogP contribution in [0.1, 0.15) is 24.0 Å². The molecule has 34 heavy (non-hydrogen) atoms. The number of aliphatic hydroxyl groups is 2. The summed E-state index contributed by atoms with van der Waals surface area (Å²) in [6.45, 7) is 1.43. The molecule has 176 valence electrons. The predicted octanol–water partition coefficient (Wildman–Crippen LogP) is 4.03. The van der Waals surface area contributed by atoms with Crippen molar-refractivity contribution in [3.8, 4) is 0 Å². The number of benzene rings is 2. The minimum atomic E-state index is -0.509. The van der Waals surface area contributed by atoms with Crippen LogP contribution in [-0.4, -0.2) is 47.8 Å². The van der Waals surface area contributed by atoms with Crippen molar-refractivity contribution in [2.45, 2.75) is 25.9 Å². The van der Waals surface area contributed by atoms with Crippen molar-refractivity contribution >= 4 is 24.4 Å². The predicted molar refractivity (Wildman–Crippen MR) is 128 cm³/mol. The van der Waals surface area contributed by atoms with E-state index in [1.165, 1.54) is 12.4 Å². The second-order valence-electron chi connectivity index (χ2n) is 7.40. The first-order chi connectivity index (χ1) is 16.5. The van der Waals surface area contributed by atoms with Gasteiger partial charge in [-0.05, 0) is 11.1 Å². The molecule has 0 aliphatic carbocycles. The third-order valence-corrected chi connectivity index (χ3v) is 4.88. The molecule has 2 heterocycles. The molecule has 2 N–H and O–H groups in total. The fraction of sp³-hybridized carbons (Fsp3) is 0.231. The van der Waals surface area contributed by atoms with Gasteiger partial charge in [0.2, 0.25) is 0 Å². The summed E-state index contributed by atoms with van der Waals surface area (Å²) in [6, 6.07) is 19.4.